The molecular weight excluding hydrogens is 336 g/mol. The Hall–Kier alpha value is -1.11. The molecule has 0 spiro atoms. The minimum absolute atomic E-state index is 0. The van der Waals surface area contributed by atoms with E-state index in [4.69, 9.17) is 15.2 Å². The Bertz CT molecular complexity index is 504. The van der Waals surface area contributed by atoms with Gasteiger partial charge in [-0.1, -0.05) is 12.1 Å². The molecule has 2 atom stereocenters. The smallest absolute Gasteiger partial charge is 0.239 e. The number of amides is 1. The fraction of sp³-hybridized carbons (Fsp3) is 0.562. The number of carbonyl (C=O) groups is 1. The molecule has 1 heterocycles. The summed E-state index contributed by atoms with van der Waals surface area (Å²) in [6.45, 7) is 3.52. The van der Waals surface area contributed by atoms with Crippen molar-refractivity contribution in [3.8, 4) is 11.5 Å². The lowest BCUT2D eigenvalue weighted by atomic mass is 10.2. The van der Waals surface area contributed by atoms with Crippen molar-refractivity contribution in [2.24, 2.45) is 5.73 Å². The van der Waals surface area contributed by atoms with Gasteiger partial charge in [-0.05, 0) is 37.5 Å². The number of hydrogen-bond donors (Lipinski definition) is 1. The number of para-hydroxylation sites is 2. The maximum atomic E-state index is 12.4. The number of nitrogens with zero attached hydrogens (tertiary/aromatic N) is 1. The van der Waals surface area contributed by atoms with Gasteiger partial charge in [-0.2, -0.15) is 11.8 Å². The lowest BCUT2D eigenvalue weighted by Gasteiger charge is -2.32. The molecule has 0 fully saturated rings. The van der Waals surface area contributed by atoms with Crippen LogP contribution in [-0.2, 0) is 4.79 Å². The molecule has 0 saturated heterocycles. The summed E-state index contributed by atoms with van der Waals surface area (Å²) in [5.41, 5.74) is 5.98. The zero-order chi connectivity index (χ0) is 15.9. The molecule has 0 radical (unpaired) electrons. The zero-order valence-corrected chi connectivity index (χ0v) is 15.2. The fourth-order valence-corrected chi connectivity index (χ4v) is 2.87. The van der Waals surface area contributed by atoms with Crippen molar-refractivity contribution in [3.63, 3.8) is 0 Å². The third-order valence-corrected chi connectivity index (χ3v) is 4.28. The van der Waals surface area contributed by atoms with Gasteiger partial charge in [0.25, 0.3) is 0 Å². The number of likely N-dealkylation sites (N-methyl/N-ethyl adjacent to an activating group) is 1. The minimum atomic E-state index is -0.441. The molecule has 0 saturated carbocycles. The number of benzene rings is 1. The molecule has 1 aliphatic heterocycles. The Labute approximate surface area is 148 Å². The number of halogens is 1. The van der Waals surface area contributed by atoms with Crippen molar-refractivity contribution in [1.29, 1.82) is 0 Å². The van der Waals surface area contributed by atoms with Crippen LogP contribution in [0.1, 0.15) is 13.3 Å². The number of ether oxygens (including phenoxy) is 2. The van der Waals surface area contributed by atoms with Crippen LogP contribution in [-0.4, -0.2) is 54.7 Å². The Morgan fingerprint density at radius 3 is 2.78 bits per heavy atom. The van der Waals surface area contributed by atoms with E-state index in [1.807, 2.05) is 37.4 Å². The highest BCUT2D eigenvalue weighted by atomic mass is 35.5. The van der Waals surface area contributed by atoms with Gasteiger partial charge in [0, 0.05) is 6.54 Å². The molecule has 2 rings (SSSR count). The van der Waals surface area contributed by atoms with Crippen LogP contribution < -0.4 is 15.2 Å². The molecule has 1 aliphatic rings. The number of hydrogen-bond acceptors (Lipinski definition) is 5. The fourth-order valence-electron chi connectivity index (χ4n) is 2.38. The lowest BCUT2D eigenvalue weighted by molar-refractivity contribution is -0.134. The molecule has 23 heavy (non-hydrogen) atoms. The molecule has 0 aromatic heterocycles. The summed E-state index contributed by atoms with van der Waals surface area (Å²) in [5, 5.41) is 0. The van der Waals surface area contributed by atoms with Crippen molar-refractivity contribution in [2.45, 2.75) is 25.5 Å². The standard InChI is InChI=1S/C16H24N2O3S.ClH/c1-3-18(16(19)13(17)8-9-22-2)10-12-11-20-14-6-4-5-7-15(14)21-12;/h4-7,12-13H,3,8-11,17H2,1-2H3;1H/t12?,13-;/m0./s1. The van der Waals surface area contributed by atoms with Crippen LogP contribution >= 0.6 is 24.2 Å². The van der Waals surface area contributed by atoms with E-state index in [1.165, 1.54) is 0 Å². The molecule has 1 aromatic carbocycles. The number of thioether (sulfide) groups is 1. The van der Waals surface area contributed by atoms with Crippen LogP contribution in [0.25, 0.3) is 0 Å². The highest BCUT2D eigenvalue weighted by Gasteiger charge is 2.26. The van der Waals surface area contributed by atoms with Crippen LogP contribution in [0.15, 0.2) is 24.3 Å². The summed E-state index contributed by atoms with van der Waals surface area (Å²) >= 11 is 1.70. The Morgan fingerprint density at radius 1 is 1.43 bits per heavy atom. The minimum Gasteiger partial charge on any atom is -0.486 e. The highest BCUT2D eigenvalue weighted by Crippen LogP contribution is 2.31. The molecule has 1 aromatic rings. The number of carbonyl (C=O) groups excluding carboxylic acids is 1. The summed E-state index contributed by atoms with van der Waals surface area (Å²) in [6.07, 6.45) is 2.55. The van der Waals surface area contributed by atoms with E-state index in [2.05, 4.69) is 0 Å². The van der Waals surface area contributed by atoms with Gasteiger partial charge in [-0.3, -0.25) is 4.79 Å². The van der Waals surface area contributed by atoms with Crippen LogP contribution in [0.3, 0.4) is 0 Å². The van der Waals surface area contributed by atoms with Crippen molar-refractivity contribution in [1.82, 2.24) is 4.90 Å². The summed E-state index contributed by atoms with van der Waals surface area (Å²) in [4.78, 5) is 14.2. The van der Waals surface area contributed by atoms with Gasteiger partial charge < -0.3 is 20.1 Å². The second-order valence-corrected chi connectivity index (χ2v) is 6.25. The quantitative estimate of drug-likeness (QED) is 0.807. The van der Waals surface area contributed by atoms with Gasteiger partial charge in [0.1, 0.15) is 6.61 Å². The molecule has 2 N–H and O–H groups in total. The SMILES string of the molecule is CCN(CC1COc2ccccc2O1)C(=O)[C@@H](N)CCSC.Cl. The Kier molecular flexibility index (Phi) is 8.58. The zero-order valence-electron chi connectivity index (χ0n) is 13.6. The average Bonchev–Trinajstić information content (AvgIpc) is 2.56. The summed E-state index contributed by atoms with van der Waals surface area (Å²) < 4.78 is 11.6. The Morgan fingerprint density at radius 2 is 2.13 bits per heavy atom. The second-order valence-electron chi connectivity index (χ2n) is 5.26. The van der Waals surface area contributed by atoms with Gasteiger partial charge in [0.05, 0.1) is 12.6 Å². The summed E-state index contributed by atoms with van der Waals surface area (Å²) in [7, 11) is 0. The first-order valence-electron chi connectivity index (χ1n) is 7.57. The van der Waals surface area contributed by atoms with E-state index in [-0.39, 0.29) is 24.4 Å². The predicted molar refractivity (Wildman–Crippen MR) is 96.8 cm³/mol. The second kappa shape index (κ2) is 9.90. The lowest BCUT2D eigenvalue weighted by Crippen LogP contribution is -2.49. The average molecular weight is 361 g/mol. The maximum Gasteiger partial charge on any atom is 0.239 e. The Balaban J connectivity index is 0.00000264. The van der Waals surface area contributed by atoms with E-state index in [0.717, 1.165) is 17.3 Å². The molecule has 0 aliphatic carbocycles. The van der Waals surface area contributed by atoms with E-state index in [1.54, 1.807) is 16.7 Å². The van der Waals surface area contributed by atoms with Gasteiger partial charge in [-0.15, -0.1) is 12.4 Å². The number of nitrogens with two attached hydrogens (primary N) is 1. The third-order valence-electron chi connectivity index (χ3n) is 3.64. The van der Waals surface area contributed by atoms with E-state index < -0.39 is 6.04 Å². The molecule has 5 nitrogen and oxygen atoms in total. The van der Waals surface area contributed by atoms with Crippen LogP contribution in [0.2, 0.25) is 0 Å². The van der Waals surface area contributed by atoms with E-state index >= 15 is 0 Å². The van der Waals surface area contributed by atoms with Crippen molar-refractivity contribution in [3.05, 3.63) is 24.3 Å². The van der Waals surface area contributed by atoms with Gasteiger partial charge >= 0.3 is 0 Å². The van der Waals surface area contributed by atoms with Crippen LogP contribution in [0, 0.1) is 0 Å². The molecule has 0 bridgehead atoms. The molecule has 1 amide bonds. The number of rotatable bonds is 7. The summed E-state index contributed by atoms with van der Waals surface area (Å²) in [5.74, 6) is 2.36. The first-order valence-corrected chi connectivity index (χ1v) is 8.96. The van der Waals surface area contributed by atoms with Gasteiger partial charge in [0.2, 0.25) is 5.91 Å². The van der Waals surface area contributed by atoms with Crippen molar-refractivity contribution < 1.29 is 14.3 Å². The largest absolute Gasteiger partial charge is 0.486 e. The molecule has 7 heteroatoms. The van der Waals surface area contributed by atoms with Gasteiger partial charge in [-0.25, -0.2) is 0 Å². The number of fused-ring (bicyclic) bond motifs is 1. The first-order chi connectivity index (χ1) is 10.7. The molecule has 1 unspecified atom stereocenters. The normalized spacial score (nSPS) is 17.1. The predicted octanol–water partition coefficient (Wildman–Crippen LogP) is 2.18. The van der Waals surface area contributed by atoms with E-state index in [0.29, 0.717) is 26.1 Å². The third kappa shape index (κ3) is 5.48. The topological polar surface area (TPSA) is 64.8 Å². The highest BCUT2D eigenvalue weighted by molar-refractivity contribution is 7.98. The molecular formula is C16H25ClN2O3S. The first kappa shape index (κ1) is 19.9. The van der Waals surface area contributed by atoms with Crippen molar-refractivity contribution >= 4 is 30.1 Å². The van der Waals surface area contributed by atoms with Gasteiger partial charge in [0.15, 0.2) is 17.6 Å². The van der Waals surface area contributed by atoms with Crippen LogP contribution in [0.4, 0.5) is 0 Å². The van der Waals surface area contributed by atoms with E-state index in [9.17, 15) is 4.79 Å². The monoisotopic (exact) mass is 360 g/mol. The van der Waals surface area contributed by atoms with Crippen LogP contribution in [0.5, 0.6) is 11.5 Å². The maximum absolute atomic E-state index is 12.4. The molecule has 130 valence electrons. The van der Waals surface area contributed by atoms with Crippen molar-refractivity contribution in [2.75, 3.05) is 31.7 Å². The summed E-state index contributed by atoms with van der Waals surface area (Å²) in [6, 6.07) is 7.14.